The quantitative estimate of drug-likeness (QED) is 0.723. The van der Waals surface area contributed by atoms with Crippen molar-refractivity contribution in [3.8, 4) is 0 Å². The Morgan fingerprint density at radius 1 is 1.00 bits per heavy atom. The highest BCUT2D eigenvalue weighted by atomic mass is 79.9. The normalized spacial score (nSPS) is 10.5. The van der Waals surface area contributed by atoms with Crippen molar-refractivity contribution in [3.63, 3.8) is 0 Å². The fourth-order valence-electron chi connectivity index (χ4n) is 1.85. The maximum Gasteiger partial charge on any atom is 0.131 e. The van der Waals surface area contributed by atoms with Gasteiger partial charge >= 0.3 is 0 Å². The minimum Gasteiger partial charge on any atom is -0.340 e. The SMILES string of the molecule is Brc1cccc(Nc2cccc3cnccc23)n1. The molecule has 0 atom stereocenters. The molecule has 0 unspecified atom stereocenters. The molecule has 18 heavy (non-hydrogen) atoms. The number of nitrogens with zero attached hydrogens (tertiary/aromatic N) is 2. The van der Waals surface area contributed by atoms with Crippen molar-refractivity contribution in [2.45, 2.75) is 0 Å². The second-order valence-electron chi connectivity index (χ2n) is 3.87. The van der Waals surface area contributed by atoms with Crippen LogP contribution in [0, 0.1) is 0 Å². The van der Waals surface area contributed by atoms with Gasteiger partial charge in [0.05, 0.1) is 0 Å². The third-order valence-corrected chi connectivity index (χ3v) is 3.10. The first kappa shape index (κ1) is 11.2. The number of halogens is 1. The molecule has 0 bridgehead atoms. The van der Waals surface area contributed by atoms with Crippen LogP contribution in [0.4, 0.5) is 11.5 Å². The number of hydrogen-bond donors (Lipinski definition) is 1. The molecule has 2 heterocycles. The summed E-state index contributed by atoms with van der Waals surface area (Å²) in [5.74, 6) is 0.814. The van der Waals surface area contributed by atoms with Crippen molar-refractivity contribution in [2.24, 2.45) is 0 Å². The third kappa shape index (κ3) is 2.19. The first-order valence-corrected chi connectivity index (χ1v) is 6.34. The predicted molar refractivity (Wildman–Crippen MR) is 77.0 cm³/mol. The van der Waals surface area contributed by atoms with Gasteiger partial charge in [0.15, 0.2) is 0 Å². The molecule has 0 fully saturated rings. The molecule has 4 heteroatoms. The summed E-state index contributed by atoms with van der Waals surface area (Å²) in [6.45, 7) is 0. The van der Waals surface area contributed by atoms with Crippen LogP contribution in [-0.4, -0.2) is 9.97 Å². The van der Waals surface area contributed by atoms with Crippen LogP contribution in [-0.2, 0) is 0 Å². The monoisotopic (exact) mass is 299 g/mol. The zero-order valence-electron chi connectivity index (χ0n) is 9.47. The van der Waals surface area contributed by atoms with Crippen LogP contribution in [0.1, 0.15) is 0 Å². The van der Waals surface area contributed by atoms with Crippen LogP contribution in [0.2, 0.25) is 0 Å². The number of pyridine rings is 2. The van der Waals surface area contributed by atoms with Crippen molar-refractivity contribution in [1.82, 2.24) is 9.97 Å². The van der Waals surface area contributed by atoms with Crippen LogP contribution in [0.15, 0.2) is 59.5 Å². The topological polar surface area (TPSA) is 37.8 Å². The number of anilines is 2. The molecule has 0 radical (unpaired) electrons. The van der Waals surface area contributed by atoms with Gasteiger partial charge in [-0.3, -0.25) is 4.98 Å². The van der Waals surface area contributed by atoms with Crippen molar-refractivity contribution < 1.29 is 0 Å². The minimum atomic E-state index is 0.814. The Balaban J connectivity index is 2.05. The zero-order chi connectivity index (χ0) is 12.4. The molecule has 1 aromatic carbocycles. The lowest BCUT2D eigenvalue weighted by atomic mass is 10.1. The highest BCUT2D eigenvalue weighted by Gasteiger charge is 2.01. The van der Waals surface area contributed by atoms with Gasteiger partial charge in [0.2, 0.25) is 0 Å². The standard InChI is InChI=1S/C14H10BrN3/c15-13-5-2-6-14(18-13)17-12-4-1-3-10-9-16-8-7-11(10)12/h1-9H,(H,17,18). The van der Waals surface area contributed by atoms with Crippen LogP contribution in [0.5, 0.6) is 0 Å². The second-order valence-corrected chi connectivity index (χ2v) is 4.69. The summed E-state index contributed by atoms with van der Waals surface area (Å²) in [5, 5.41) is 5.56. The Kier molecular flexibility index (Phi) is 2.94. The first-order chi connectivity index (χ1) is 8.83. The Morgan fingerprint density at radius 3 is 2.78 bits per heavy atom. The molecule has 88 valence electrons. The van der Waals surface area contributed by atoms with Gasteiger partial charge in [-0.25, -0.2) is 4.98 Å². The summed E-state index contributed by atoms with van der Waals surface area (Å²) >= 11 is 3.36. The van der Waals surface area contributed by atoms with Crippen LogP contribution in [0.25, 0.3) is 10.8 Å². The van der Waals surface area contributed by atoms with E-state index in [0.717, 1.165) is 26.9 Å². The summed E-state index contributed by atoms with van der Waals surface area (Å²) in [4.78, 5) is 8.49. The molecule has 2 aromatic heterocycles. The summed E-state index contributed by atoms with van der Waals surface area (Å²) in [6, 6.07) is 13.9. The van der Waals surface area contributed by atoms with Gasteiger partial charge in [0, 0.05) is 28.9 Å². The second kappa shape index (κ2) is 4.74. The fraction of sp³-hybridized carbons (Fsp3) is 0. The Hall–Kier alpha value is -1.94. The van der Waals surface area contributed by atoms with Gasteiger partial charge < -0.3 is 5.32 Å². The maximum atomic E-state index is 4.37. The number of fused-ring (bicyclic) bond motifs is 1. The number of benzene rings is 1. The molecule has 0 aliphatic heterocycles. The molecular formula is C14H10BrN3. The Morgan fingerprint density at radius 2 is 1.89 bits per heavy atom. The lowest BCUT2D eigenvalue weighted by Crippen LogP contribution is -1.94. The molecule has 0 spiro atoms. The summed E-state index contributed by atoms with van der Waals surface area (Å²) in [7, 11) is 0. The largest absolute Gasteiger partial charge is 0.340 e. The average Bonchev–Trinajstić information content (AvgIpc) is 2.39. The molecule has 0 aliphatic rings. The molecule has 0 saturated heterocycles. The molecule has 3 nitrogen and oxygen atoms in total. The van der Waals surface area contributed by atoms with E-state index in [2.05, 4.69) is 31.2 Å². The van der Waals surface area contributed by atoms with Crippen molar-refractivity contribution >= 4 is 38.2 Å². The van der Waals surface area contributed by atoms with Gasteiger partial charge in [-0.15, -0.1) is 0 Å². The van der Waals surface area contributed by atoms with Crippen molar-refractivity contribution in [2.75, 3.05) is 5.32 Å². The van der Waals surface area contributed by atoms with Crippen LogP contribution < -0.4 is 5.32 Å². The van der Waals surface area contributed by atoms with E-state index in [9.17, 15) is 0 Å². The minimum absolute atomic E-state index is 0.814. The maximum absolute atomic E-state index is 4.37. The van der Waals surface area contributed by atoms with Crippen molar-refractivity contribution in [3.05, 3.63) is 59.5 Å². The zero-order valence-corrected chi connectivity index (χ0v) is 11.1. The van der Waals surface area contributed by atoms with E-state index >= 15 is 0 Å². The lowest BCUT2D eigenvalue weighted by Gasteiger charge is -2.08. The number of rotatable bonds is 2. The average molecular weight is 300 g/mol. The lowest BCUT2D eigenvalue weighted by molar-refractivity contribution is 1.27. The Bertz CT molecular complexity index is 692. The van der Waals surface area contributed by atoms with E-state index in [1.807, 2.05) is 48.7 Å². The van der Waals surface area contributed by atoms with E-state index in [1.165, 1.54) is 0 Å². The molecule has 3 rings (SSSR count). The van der Waals surface area contributed by atoms with Crippen LogP contribution in [0.3, 0.4) is 0 Å². The van der Waals surface area contributed by atoms with Crippen LogP contribution >= 0.6 is 15.9 Å². The fourth-order valence-corrected chi connectivity index (χ4v) is 2.19. The van der Waals surface area contributed by atoms with E-state index in [1.54, 1.807) is 6.20 Å². The third-order valence-electron chi connectivity index (χ3n) is 2.66. The molecule has 1 N–H and O–H groups in total. The van der Waals surface area contributed by atoms with Crippen molar-refractivity contribution in [1.29, 1.82) is 0 Å². The van der Waals surface area contributed by atoms with Gasteiger partial charge in [-0.05, 0) is 40.2 Å². The van der Waals surface area contributed by atoms with E-state index in [-0.39, 0.29) is 0 Å². The van der Waals surface area contributed by atoms with E-state index in [4.69, 9.17) is 0 Å². The summed E-state index contributed by atoms with van der Waals surface area (Å²) in [5.41, 5.74) is 1.03. The van der Waals surface area contributed by atoms with Gasteiger partial charge in [0.25, 0.3) is 0 Å². The van der Waals surface area contributed by atoms with E-state index < -0.39 is 0 Å². The highest BCUT2D eigenvalue weighted by Crippen LogP contribution is 2.25. The molecule has 0 saturated carbocycles. The summed E-state index contributed by atoms with van der Waals surface area (Å²) < 4.78 is 0.814. The number of aromatic nitrogens is 2. The Labute approximate surface area is 113 Å². The molecule has 0 aliphatic carbocycles. The summed E-state index contributed by atoms with van der Waals surface area (Å²) in [6.07, 6.45) is 3.65. The first-order valence-electron chi connectivity index (χ1n) is 5.55. The van der Waals surface area contributed by atoms with Gasteiger partial charge in [0.1, 0.15) is 10.4 Å². The number of hydrogen-bond acceptors (Lipinski definition) is 3. The molecule has 3 aromatic rings. The van der Waals surface area contributed by atoms with Gasteiger partial charge in [-0.2, -0.15) is 0 Å². The molecular weight excluding hydrogens is 290 g/mol. The highest BCUT2D eigenvalue weighted by molar-refractivity contribution is 9.10. The predicted octanol–water partition coefficient (Wildman–Crippen LogP) is 4.14. The smallest absolute Gasteiger partial charge is 0.131 e. The number of nitrogens with one attached hydrogen (secondary N) is 1. The molecule has 0 amide bonds. The van der Waals surface area contributed by atoms with Gasteiger partial charge in [-0.1, -0.05) is 18.2 Å². The van der Waals surface area contributed by atoms with E-state index in [0.29, 0.717) is 0 Å².